The average molecular weight is 253 g/mol. The van der Waals surface area contributed by atoms with Crippen molar-refractivity contribution in [1.29, 1.82) is 0 Å². The molecule has 6 nitrogen and oxygen atoms in total. The third kappa shape index (κ3) is 3.08. The molecule has 2 rings (SSSR count). The predicted molar refractivity (Wildman–Crippen MR) is 65.1 cm³/mol. The first-order valence-corrected chi connectivity index (χ1v) is 6.29. The topological polar surface area (TPSA) is 69.8 Å². The Hall–Kier alpha value is -1.40. The molecule has 1 aromatic rings. The minimum atomic E-state index is -0.720. The van der Waals surface area contributed by atoms with Crippen LogP contribution in [0.15, 0.2) is 16.9 Å². The molecule has 18 heavy (non-hydrogen) atoms. The van der Waals surface area contributed by atoms with E-state index in [1.807, 2.05) is 17.9 Å². The van der Waals surface area contributed by atoms with Gasteiger partial charge >= 0.3 is 5.97 Å². The smallest absolute Gasteiger partial charge is 0.320 e. The molecule has 100 valence electrons. The first-order valence-electron chi connectivity index (χ1n) is 6.29. The summed E-state index contributed by atoms with van der Waals surface area (Å²) in [7, 11) is 0. The summed E-state index contributed by atoms with van der Waals surface area (Å²) in [6.07, 6.45) is 2.22. The van der Waals surface area contributed by atoms with E-state index in [4.69, 9.17) is 9.63 Å². The molecule has 0 unspecified atom stereocenters. The van der Waals surface area contributed by atoms with E-state index in [1.165, 1.54) is 0 Å². The van der Waals surface area contributed by atoms with Crippen LogP contribution in [0.5, 0.6) is 0 Å². The van der Waals surface area contributed by atoms with Gasteiger partial charge in [0, 0.05) is 38.8 Å². The van der Waals surface area contributed by atoms with Crippen molar-refractivity contribution in [2.24, 2.45) is 0 Å². The SMILES string of the molecule is CC[C@H](C(=O)O)N1CCN(Cc2ccon2)CC1. The summed E-state index contributed by atoms with van der Waals surface area (Å²) >= 11 is 0. The second kappa shape index (κ2) is 5.97. The number of piperazine rings is 1. The molecule has 1 aromatic heterocycles. The average Bonchev–Trinajstić information content (AvgIpc) is 2.84. The molecule has 0 spiro atoms. The summed E-state index contributed by atoms with van der Waals surface area (Å²) in [6, 6.07) is 1.51. The number of carboxylic acids is 1. The zero-order valence-corrected chi connectivity index (χ0v) is 10.6. The van der Waals surface area contributed by atoms with Gasteiger partial charge in [0.25, 0.3) is 0 Å². The fourth-order valence-corrected chi connectivity index (χ4v) is 2.37. The van der Waals surface area contributed by atoms with E-state index in [2.05, 4.69) is 10.1 Å². The first kappa shape index (κ1) is 13.0. The number of aliphatic carboxylic acids is 1. The van der Waals surface area contributed by atoms with Crippen molar-refractivity contribution in [2.75, 3.05) is 26.2 Å². The van der Waals surface area contributed by atoms with Crippen molar-refractivity contribution in [3.05, 3.63) is 18.0 Å². The van der Waals surface area contributed by atoms with Crippen LogP contribution < -0.4 is 0 Å². The molecule has 0 radical (unpaired) electrons. The van der Waals surface area contributed by atoms with Crippen molar-refractivity contribution in [3.63, 3.8) is 0 Å². The highest BCUT2D eigenvalue weighted by atomic mass is 16.5. The van der Waals surface area contributed by atoms with Gasteiger partial charge in [-0.3, -0.25) is 14.6 Å². The Kier molecular flexibility index (Phi) is 4.33. The Morgan fingerprint density at radius 2 is 2.22 bits per heavy atom. The molecule has 1 aliphatic heterocycles. The van der Waals surface area contributed by atoms with Gasteiger partial charge in [0.1, 0.15) is 12.3 Å². The van der Waals surface area contributed by atoms with Gasteiger partial charge in [-0.25, -0.2) is 0 Å². The minimum absolute atomic E-state index is 0.348. The lowest BCUT2D eigenvalue weighted by Gasteiger charge is -2.37. The minimum Gasteiger partial charge on any atom is -0.480 e. The molecule has 1 saturated heterocycles. The first-order chi connectivity index (χ1) is 8.70. The number of aromatic nitrogens is 1. The molecule has 0 saturated carbocycles. The lowest BCUT2D eigenvalue weighted by Crippen LogP contribution is -2.52. The van der Waals surface area contributed by atoms with E-state index in [0.29, 0.717) is 6.42 Å². The number of carbonyl (C=O) groups is 1. The Bertz CT molecular complexity index is 372. The maximum atomic E-state index is 11.1. The van der Waals surface area contributed by atoms with Gasteiger partial charge in [0.2, 0.25) is 0 Å². The van der Waals surface area contributed by atoms with Crippen molar-refractivity contribution < 1.29 is 14.4 Å². The van der Waals surface area contributed by atoms with Crippen LogP contribution in [0, 0.1) is 0 Å². The van der Waals surface area contributed by atoms with Crippen molar-refractivity contribution in [1.82, 2.24) is 15.0 Å². The van der Waals surface area contributed by atoms with Gasteiger partial charge in [-0.05, 0) is 6.42 Å². The molecular formula is C12H19N3O3. The predicted octanol–water partition coefficient (Wildman–Crippen LogP) is 0.655. The molecule has 1 fully saturated rings. The van der Waals surface area contributed by atoms with Gasteiger partial charge in [-0.2, -0.15) is 0 Å². The van der Waals surface area contributed by atoms with Crippen LogP contribution in [0.25, 0.3) is 0 Å². The molecule has 0 bridgehead atoms. The van der Waals surface area contributed by atoms with Gasteiger partial charge in [-0.1, -0.05) is 12.1 Å². The molecule has 2 heterocycles. The highest BCUT2D eigenvalue weighted by molar-refractivity contribution is 5.73. The molecule has 1 atom stereocenters. The van der Waals surface area contributed by atoms with Crippen LogP contribution in [0.4, 0.5) is 0 Å². The van der Waals surface area contributed by atoms with Crippen LogP contribution in [0.1, 0.15) is 19.0 Å². The lowest BCUT2D eigenvalue weighted by molar-refractivity contribution is -0.144. The Labute approximate surface area is 106 Å². The van der Waals surface area contributed by atoms with Crippen molar-refractivity contribution in [2.45, 2.75) is 25.9 Å². The van der Waals surface area contributed by atoms with Crippen LogP contribution >= 0.6 is 0 Å². The Morgan fingerprint density at radius 3 is 2.72 bits per heavy atom. The largest absolute Gasteiger partial charge is 0.480 e. The highest BCUT2D eigenvalue weighted by Gasteiger charge is 2.27. The molecule has 6 heteroatoms. The number of carboxylic acid groups (broad SMARTS) is 1. The number of rotatable bonds is 5. The van der Waals surface area contributed by atoms with Crippen LogP contribution in [-0.4, -0.2) is 58.3 Å². The van der Waals surface area contributed by atoms with Gasteiger partial charge < -0.3 is 9.63 Å². The van der Waals surface area contributed by atoms with E-state index in [-0.39, 0.29) is 6.04 Å². The third-order valence-corrected chi connectivity index (χ3v) is 3.40. The number of hydrogen-bond acceptors (Lipinski definition) is 5. The van der Waals surface area contributed by atoms with Gasteiger partial charge in [0.05, 0.1) is 5.69 Å². The lowest BCUT2D eigenvalue weighted by atomic mass is 10.1. The summed E-state index contributed by atoms with van der Waals surface area (Å²) in [4.78, 5) is 15.4. The van der Waals surface area contributed by atoms with Crippen LogP contribution in [0.2, 0.25) is 0 Å². The van der Waals surface area contributed by atoms with E-state index >= 15 is 0 Å². The summed E-state index contributed by atoms with van der Waals surface area (Å²) in [6.45, 7) is 6.02. The molecule has 1 N–H and O–H groups in total. The molecule has 0 aliphatic carbocycles. The summed E-state index contributed by atoms with van der Waals surface area (Å²) < 4.78 is 4.80. The Balaban J connectivity index is 1.82. The molecule has 1 aliphatic rings. The standard InChI is InChI=1S/C12H19N3O3/c1-2-11(12(16)17)15-6-4-14(5-7-15)9-10-3-8-18-13-10/h3,8,11H,2,4-7,9H2,1H3,(H,16,17)/t11-/m1/s1. The van der Waals surface area contributed by atoms with Crippen molar-refractivity contribution in [3.8, 4) is 0 Å². The number of nitrogens with zero attached hydrogens (tertiary/aromatic N) is 3. The molecule has 0 aromatic carbocycles. The van der Waals surface area contributed by atoms with Gasteiger partial charge in [0.15, 0.2) is 0 Å². The second-order valence-corrected chi connectivity index (χ2v) is 4.57. The summed E-state index contributed by atoms with van der Waals surface area (Å²) in [5, 5.41) is 13.0. The van der Waals surface area contributed by atoms with E-state index in [1.54, 1.807) is 6.26 Å². The van der Waals surface area contributed by atoms with Crippen molar-refractivity contribution >= 4 is 5.97 Å². The van der Waals surface area contributed by atoms with Crippen LogP contribution in [0.3, 0.4) is 0 Å². The fourth-order valence-electron chi connectivity index (χ4n) is 2.37. The Morgan fingerprint density at radius 1 is 1.50 bits per heavy atom. The third-order valence-electron chi connectivity index (χ3n) is 3.40. The molecule has 0 amide bonds. The zero-order chi connectivity index (χ0) is 13.0. The van der Waals surface area contributed by atoms with Crippen LogP contribution in [-0.2, 0) is 11.3 Å². The van der Waals surface area contributed by atoms with Gasteiger partial charge in [-0.15, -0.1) is 0 Å². The fraction of sp³-hybridized carbons (Fsp3) is 0.667. The summed E-state index contributed by atoms with van der Waals surface area (Å²) in [5.74, 6) is -0.720. The maximum Gasteiger partial charge on any atom is 0.320 e. The van der Waals surface area contributed by atoms with E-state index < -0.39 is 5.97 Å². The van der Waals surface area contributed by atoms with E-state index in [0.717, 1.165) is 38.4 Å². The number of hydrogen-bond donors (Lipinski definition) is 1. The zero-order valence-electron chi connectivity index (χ0n) is 10.6. The molecular weight excluding hydrogens is 234 g/mol. The normalized spacial score (nSPS) is 19.8. The summed E-state index contributed by atoms with van der Waals surface area (Å²) in [5.41, 5.74) is 0.925. The highest BCUT2D eigenvalue weighted by Crippen LogP contribution is 2.11. The second-order valence-electron chi connectivity index (χ2n) is 4.57. The monoisotopic (exact) mass is 253 g/mol. The maximum absolute atomic E-state index is 11.1. The quantitative estimate of drug-likeness (QED) is 0.831. The van der Waals surface area contributed by atoms with E-state index in [9.17, 15) is 4.79 Å².